The van der Waals surface area contributed by atoms with E-state index in [9.17, 15) is 9.18 Å². The number of nitrogen functional groups attached to an aromatic ring is 1. The Morgan fingerprint density at radius 1 is 1.18 bits per heavy atom. The summed E-state index contributed by atoms with van der Waals surface area (Å²) in [5.74, 6) is -0.585. The number of carbonyl (C=O) groups is 1. The Morgan fingerprint density at radius 2 is 1.98 bits per heavy atom. The molecule has 1 aliphatic rings. The zero-order chi connectivity index (χ0) is 28.2. The Morgan fingerprint density at radius 3 is 2.67 bits per heavy atom. The van der Waals surface area contributed by atoms with Crippen LogP contribution in [-0.4, -0.2) is 63.1 Å². The van der Waals surface area contributed by atoms with Gasteiger partial charge in [-0.1, -0.05) is 24.2 Å². The first kappa shape index (κ1) is 26.8. The largest absolute Gasteiger partial charge is 0.457 e. The van der Waals surface area contributed by atoms with E-state index in [1.807, 2.05) is 17.0 Å². The fourth-order valence-corrected chi connectivity index (χ4v) is 4.44. The van der Waals surface area contributed by atoms with Crippen molar-refractivity contribution in [3.63, 3.8) is 0 Å². The van der Waals surface area contributed by atoms with Gasteiger partial charge in [0.25, 0.3) is 0 Å². The first-order valence-corrected chi connectivity index (χ1v) is 12.6. The van der Waals surface area contributed by atoms with Crippen molar-refractivity contribution in [3.8, 4) is 17.6 Å². The summed E-state index contributed by atoms with van der Waals surface area (Å²) in [6.07, 6.45) is 5.37. The Labute approximate surface area is 233 Å². The standard InChI is InChI=1S/C27H24ClFN8O3/c1-2-21(38)36-9-11-37(12-10-36)25-17-6-8-33-26(40-24-18(14-30)20(31)13-19(29)22(24)28)23(17)34-27(35-25)39-15-16-5-3-4-7-32-16/h2-8,13-14,30H,1,9-12,15,31H2. The summed E-state index contributed by atoms with van der Waals surface area (Å²) in [5.41, 5.74) is 6.92. The lowest BCUT2D eigenvalue weighted by molar-refractivity contribution is -0.126. The number of amides is 1. The number of fused-ring (bicyclic) bond motifs is 1. The van der Waals surface area contributed by atoms with E-state index in [1.54, 1.807) is 23.2 Å². The zero-order valence-electron chi connectivity index (χ0n) is 21.2. The van der Waals surface area contributed by atoms with Gasteiger partial charge in [0.1, 0.15) is 28.8 Å². The maximum absolute atomic E-state index is 14.4. The summed E-state index contributed by atoms with van der Waals surface area (Å²) < 4.78 is 26.3. The minimum absolute atomic E-state index is 0.0145. The Bertz CT molecular complexity index is 1600. The predicted octanol–water partition coefficient (Wildman–Crippen LogP) is 4.00. The van der Waals surface area contributed by atoms with Gasteiger partial charge in [-0.25, -0.2) is 9.37 Å². The van der Waals surface area contributed by atoms with Crippen molar-refractivity contribution in [1.82, 2.24) is 24.8 Å². The normalized spacial score (nSPS) is 13.2. The molecular weight excluding hydrogens is 539 g/mol. The van der Waals surface area contributed by atoms with E-state index in [0.29, 0.717) is 43.1 Å². The van der Waals surface area contributed by atoms with Crippen LogP contribution in [0.25, 0.3) is 10.9 Å². The molecule has 11 nitrogen and oxygen atoms in total. The van der Waals surface area contributed by atoms with E-state index < -0.39 is 5.82 Å². The Kier molecular flexibility index (Phi) is 7.69. The van der Waals surface area contributed by atoms with Crippen LogP contribution in [0.3, 0.4) is 0 Å². The maximum atomic E-state index is 14.4. The highest BCUT2D eigenvalue weighted by Crippen LogP contribution is 2.39. The molecule has 0 radical (unpaired) electrons. The molecule has 3 N–H and O–H groups in total. The average molecular weight is 563 g/mol. The third kappa shape index (κ3) is 5.34. The second kappa shape index (κ2) is 11.5. The van der Waals surface area contributed by atoms with Gasteiger partial charge >= 0.3 is 6.01 Å². The van der Waals surface area contributed by atoms with Crippen LogP contribution in [0, 0.1) is 11.2 Å². The lowest BCUT2D eigenvalue weighted by atomic mass is 10.1. The summed E-state index contributed by atoms with van der Waals surface area (Å²) in [5, 5.41) is 7.97. The van der Waals surface area contributed by atoms with Gasteiger partial charge in [0.05, 0.1) is 16.6 Å². The molecule has 5 rings (SSSR count). The van der Waals surface area contributed by atoms with Crippen LogP contribution < -0.4 is 20.1 Å². The molecule has 13 heteroatoms. The molecule has 0 unspecified atom stereocenters. The summed E-state index contributed by atoms with van der Waals surface area (Å²) in [4.78, 5) is 33.6. The van der Waals surface area contributed by atoms with Crippen LogP contribution in [0.2, 0.25) is 5.02 Å². The van der Waals surface area contributed by atoms with Gasteiger partial charge in [-0.3, -0.25) is 9.78 Å². The van der Waals surface area contributed by atoms with Crippen molar-refractivity contribution in [2.75, 3.05) is 36.8 Å². The highest BCUT2D eigenvalue weighted by atomic mass is 35.5. The number of nitrogens with zero attached hydrogens (tertiary/aromatic N) is 6. The first-order chi connectivity index (χ1) is 19.4. The number of carbonyl (C=O) groups excluding carboxylic acids is 1. The van der Waals surface area contributed by atoms with Crippen molar-refractivity contribution in [1.29, 1.82) is 5.41 Å². The number of hydrogen-bond donors (Lipinski definition) is 2. The number of rotatable bonds is 8. The summed E-state index contributed by atoms with van der Waals surface area (Å²) in [6, 6.07) is 8.23. The molecule has 1 fully saturated rings. The van der Waals surface area contributed by atoms with Crippen molar-refractivity contribution in [2.45, 2.75) is 6.61 Å². The lowest BCUT2D eigenvalue weighted by Gasteiger charge is -2.35. The van der Waals surface area contributed by atoms with Crippen LogP contribution in [0.5, 0.6) is 17.6 Å². The maximum Gasteiger partial charge on any atom is 0.319 e. The quantitative estimate of drug-likeness (QED) is 0.185. The van der Waals surface area contributed by atoms with E-state index in [-0.39, 0.29) is 51.9 Å². The monoisotopic (exact) mass is 562 g/mol. The predicted molar refractivity (Wildman–Crippen MR) is 149 cm³/mol. The van der Waals surface area contributed by atoms with Gasteiger partial charge in [0, 0.05) is 50.5 Å². The number of hydrogen-bond acceptors (Lipinski definition) is 10. The molecule has 0 atom stereocenters. The van der Waals surface area contributed by atoms with Crippen LogP contribution in [0.4, 0.5) is 15.9 Å². The summed E-state index contributed by atoms with van der Waals surface area (Å²) >= 11 is 6.20. The minimum Gasteiger partial charge on any atom is -0.457 e. The molecule has 1 amide bonds. The molecule has 4 aromatic rings. The molecule has 4 heterocycles. The minimum atomic E-state index is -0.804. The van der Waals surface area contributed by atoms with Crippen molar-refractivity contribution in [2.24, 2.45) is 0 Å². The molecule has 3 aromatic heterocycles. The van der Waals surface area contributed by atoms with E-state index in [0.717, 1.165) is 12.3 Å². The Balaban J connectivity index is 1.58. The summed E-state index contributed by atoms with van der Waals surface area (Å²) in [7, 11) is 0. The van der Waals surface area contributed by atoms with Crippen LogP contribution in [0.1, 0.15) is 11.3 Å². The number of benzene rings is 1. The molecule has 0 bridgehead atoms. The van der Waals surface area contributed by atoms with Gasteiger partial charge in [-0.15, -0.1) is 0 Å². The molecular formula is C27H24ClFN8O3. The van der Waals surface area contributed by atoms with E-state index in [1.165, 1.54) is 12.3 Å². The molecule has 0 aliphatic carbocycles. The molecule has 40 heavy (non-hydrogen) atoms. The third-order valence-corrected chi connectivity index (χ3v) is 6.62. The van der Waals surface area contributed by atoms with Crippen molar-refractivity contribution in [3.05, 3.63) is 77.5 Å². The van der Waals surface area contributed by atoms with Crippen LogP contribution >= 0.6 is 11.6 Å². The number of piperazine rings is 1. The number of pyridine rings is 2. The molecule has 0 saturated carbocycles. The van der Waals surface area contributed by atoms with Gasteiger partial charge in [-0.05, 0) is 30.3 Å². The van der Waals surface area contributed by atoms with E-state index in [2.05, 4.69) is 26.5 Å². The number of anilines is 2. The zero-order valence-corrected chi connectivity index (χ0v) is 21.9. The molecule has 1 aliphatic heterocycles. The molecule has 1 saturated heterocycles. The SMILES string of the molecule is C=CC(=O)N1CCN(c2nc(OCc3ccccn3)nc3c(Oc4c(Cl)c(F)cc(N)c4C=N)nccc23)CC1. The number of nitrogens with one attached hydrogen (secondary N) is 1. The second-order valence-electron chi connectivity index (χ2n) is 8.72. The van der Waals surface area contributed by atoms with Crippen molar-refractivity contribution >= 4 is 46.1 Å². The van der Waals surface area contributed by atoms with Crippen LogP contribution in [0.15, 0.2) is 55.4 Å². The summed E-state index contributed by atoms with van der Waals surface area (Å²) in [6.45, 7) is 5.59. The number of nitrogens with two attached hydrogens (primary N) is 1. The molecule has 1 aromatic carbocycles. The average Bonchev–Trinajstić information content (AvgIpc) is 2.99. The second-order valence-corrected chi connectivity index (χ2v) is 9.10. The fraction of sp³-hybridized carbons (Fsp3) is 0.185. The highest BCUT2D eigenvalue weighted by molar-refractivity contribution is 6.33. The first-order valence-electron chi connectivity index (χ1n) is 12.2. The van der Waals surface area contributed by atoms with Gasteiger partial charge in [-0.2, -0.15) is 9.97 Å². The fourth-order valence-electron chi connectivity index (χ4n) is 4.25. The van der Waals surface area contributed by atoms with E-state index >= 15 is 0 Å². The Hall–Kier alpha value is -4.84. The number of halogens is 2. The highest BCUT2D eigenvalue weighted by Gasteiger charge is 2.25. The van der Waals surface area contributed by atoms with Gasteiger partial charge < -0.3 is 30.4 Å². The number of aromatic nitrogens is 4. The van der Waals surface area contributed by atoms with Crippen molar-refractivity contribution < 1.29 is 18.7 Å². The number of ether oxygens (including phenoxy) is 2. The lowest BCUT2D eigenvalue weighted by Crippen LogP contribution is -2.48. The molecule has 0 spiro atoms. The van der Waals surface area contributed by atoms with Crippen LogP contribution in [-0.2, 0) is 11.4 Å². The molecule has 204 valence electrons. The smallest absolute Gasteiger partial charge is 0.319 e. The van der Waals surface area contributed by atoms with Gasteiger partial charge in [0.2, 0.25) is 11.8 Å². The topological polar surface area (TPSA) is 143 Å². The third-order valence-electron chi connectivity index (χ3n) is 6.27. The van der Waals surface area contributed by atoms with Gasteiger partial charge in [0.15, 0.2) is 5.75 Å². The van der Waals surface area contributed by atoms with E-state index in [4.69, 9.17) is 32.2 Å².